The van der Waals surface area contributed by atoms with Gasteiger partial charge in [0.1, 0.15) is 0 Å². The van der Waals surface area contributed by atoms with Crippen LogP contribution in [0.25, 0.3) is 27.8 Å². The third-order valence-corrected chi connectivity index (χ3v) is 4.32. The highest BCUT2D eigenvalue weighted by atomic mass is 19.1. The van der Waals surface area contributed by atoms with Crippen molar-refractivity contribution in [2.75, 3.05) is 20.8 Å². The van der Waals surface area contributed by atoms with Crippen molar-refractivity contribution >= 4 is 5.57 Å². The Morgan fingerprint density at radius 2 is 1.31 bits per heavy atom. The first-order valence-corrected chi connectivity index (χ1v) is 8.34. The van der Waals surface area contributed by atoms with Crippen LogP contribution in [-0.2, 0) is 4.74 Å². The molecule has 0 bridgehead atoms. The second kappa shape index (κ2) is 7.98. The van der Waals surface area contributed by atoms with Gasteiger partial charge in [0.25, 0.3) is 0 Å². The zero-order valence-electron chi connectivity index (χ0n) is 15.0. The summed E-state index contributed by atoms with van der Waals surface area (Å²) >= 11 is 0. The lowest BCUT2D eigenvalue weighted by Gasteiger charge is -2.09. The van der Waals surface area contributed by atoms with E-state index >= 15 is 0 Å². The molecule has 0 aliphatic carbocycles. The highest BCUT2D eigenvalue weighted by molar-refractivity contribution is 5.73. The number of hydrogen-bond acceptors (Lipinski definition) is 2. The standard InChI is InChI=1S/C23H21FO2/c1-16(15-25-2)17-4-6-18(7-5-17)19-8-10-20(11-9-19)21-12-13-23(26-3)22(24)14-21/h4-14H,1,15H2,2-3H3. The first-order valence-electron chi connectivity index (χ1n) is 8.34. The summed E-state index contributed by atoms with van der Waals surface area (Å²) in [5.74, 6) is -0.110. The molecule has 132 valence electrons. The van der Waals surface area contributed by atoms with Gasteiger partial charge in [-0.3, -0.25) is 0 Å². The molecule has 0 fully saturated rings. The van der Waals surface area contributed by atoms with Crippen molar-refractivity contribution in [3.05, 3.63) is 84.7 Å². The Morgan fingerprint density at radius 1 is 0.808 bits per heavy atom. The van der Waals surface area contributed by atoms with Crippen LogP contribution in [-0.4, -0.2) is 20.8 Å². The average Bonchev–Trinajstić information content (AvgIpc) is 2.68. The third-order valence-electron chi connectivity index (χ3n) is 4.32. The molecular formula is C23H21FO2. The van der Waals surface area contributed by atoms with Gasteiger partial charge in [-0.25, -0.2) is 4.39 Å². The minimum Gasteiger partial charge on any atom is -0.494 e. The van der Waals surface area contributed by atoms with Gasteiger partial charge in [-0.15, -0.1) is 0 Å². The maximum atomic E-state index is 13.9. The van der Waals surface area contributed by atoms with Crippen molar-refractivity contribution < 1.29 is 13.9 Å². The zero-order valence-corrected chi connectivity index (χ0v) is 15.0. The van der Waals surface area contributed by atoms with Crippen LogP contribution < -0.4 is 4.74 Å². The molecular weight excluding hydrogens is 327 g/mol. The quantitative estimate of drug-likeness (QED) is 0.558. The van der Waals surface area contributed by atoms with Crippen molar-refractivity contribution in [3.63, 3.8) is 0 Å². The number of benzene rings is 3. The van der Waals surface area contributed by atoms with E-state index in [4.69, 9.17) is 9.47 Å². The number of halogens is 1. The largest absolute Gasteiger partial charge is 0.494 e. The number of hydrogen-bond donors (Lipinski definition) is 0. The van der Waals surface area contributed by atoms with Gasteiger partial charge in [0.15, 0.2) is 11.6 Å². The minimum absolute atomic E-state index is 0.250. The molecule has 0 atom stereocenters. The molecule has 3 aromatic carbocycles. The topological polar surface area (TPSA) is 18.5 Å². The summed E-state index contributed by atoms with van der Waals surface area (Å²) < 4.78 is 24.0. The number of rotatable bonds is 6. The van der Waals surface area contributed by atoms with Crippen LogP contribution in [0.5, 0.6) is 5.75 Å². The van der Waals surface area contributed by atoms with Gasteiger partial charge < -0.3 is 9.47 Å². The molecule has 0 unspecified atom stereocenters. The Labute approximate surface area is 153 Å². The van der Waals surface area contributed by atoms with Gasteiger partial charge in [-0.05, 0) is 45.5 Å². The van der Waals surface area contributed by atoms with Gasteiger partial charge in [0, 0.05) is 7.11 Å². The van der Waals surface area contributed by atoms with E-state index in [0.29, 0.717) is 6.61 Å². The first kappa shape index (κ1) is 17.9. The summed E-state index contributed by atoms with van der Waals surface area (Å²) in [4.78, 5) is 0. The van der Waals surface area contributed by atoms with Gasteiger partial charge in [0.2, 0.25) is 0 Å². The lowest BCUT2D eigenvalue weighted by atomic mass is 9.98. The van der Waals surface area contributed by atoms with E-state index in [1.165, 1.54) is 13.2 Å². The van der Waals surface area contributed by atoms with E-state index < -0.39 is 0 Å². The minimum atomic E-state index is -0.360. The molecule has 3 rings (SSSR count). The number of ether oxygens (including phenoxy) is 2. The van der Waals surface area contributed by atoms with Gasteiger partial charge >= 0.3 is 0 Å². The van der Waals surface area contributed by atoms with E-state index in [0.717, 1.165) is 33.4 Å². The molecule has 0 aromatic heterocycles. The van der Waals surface area contributed by atoms with Crippen molar-refractivity contribution in [2.45, 2.75) is 0 Å². The Bertz CT molecular complexity index is 896. The summed E-state index contributed by atoms with van der Waals surface area (Å²) in [7, 11) is 3.12. The third kappa shape index (κ3) is 3.84. The van der Waals surface area contributed by atoms with Crippen molar-refractivity contribution in [1.29, 1.82) is 0 Å². The predicted molar refractivity (Wildman–Crippen MR) is 105 cm³/mol. The van der Waals surface area contributed by atoms with Crippen LogP contribution in [0.3, 0.4) is 0 Å². The molecule has 0 aliphatic heterocycles. The van der Waals surface area contributed by atoms with Crippen LogP contribution in [0, 0.1) is 5.82 Å². The highest BCUT2D eigenvalue weighted by Gasteiger charge is 2.06. The Kier molecular flexibility index (Phi) is 5.49. The van der Waals surface area contributed by atoms with Gasteiger partial charge in [-0.2, -0.15) is 0 Å². The SMILES string of the molecule is C=C(COC)c1ccc(-c2ccc(-c3ccc(OC)c(F)c3)cc2)cc1. The Hall–Kier alpha value is -2.91. The van der Waals surface area contributed by atoms with Gasteiger partial charge in [0.05, 0.1) is 13.7 Å². The highest BCUT2D eigenvalue weighted by Crippen LogP contribution is 2.28. The Morgan fingerprint density at radius 3 is 1.81 bits per heavy atom. The number of methoxy groups -OCH3 is 2. The molecule has 0 N–H and O–H groups in total. The first-order chi connectivity index (χ1) is 12.6. The molecule has 0 spiro atoms. The van der Waals surface area contributed by atoms with E-state index in [1.54, 1.807) is 13.2 Å². The van der Waals surface area contributed by atoms with Crippen LogP contribution in [0.2, 0.25) is 0 Å². The van der Waals surface area contributed by atoms with Crippen LogP contribution in [0.15, 0.2) is 73.3 Å². The van der Waals surface area contributed by atoms with Crippen LogP contribution in [0.1, 0.15) is 5.56 Å². The van der Waals surface area contributed by atoms with E-state index in [9.17, 15) is 4.39 Å². The fourth-order valence-corrected chi connectivity index (χ4v) is 2.86. The second-order valence-electron chi connectivity index (χ2n) is 6.04. The molecule has 0 aliphatic rings. The Balaban J connectivity index is 1.81. The molecule has 0 saturated heterocycles. The summed E-state index contributed by atoms with van der Waals surface area (Å²) in [5.41, 5.74) is 6.02. The van der Waals surface area contributed by atoms with Crippen LogP contribution in [0.4, 0.5) is 4.39 Å². The normalized spacial score (nSPS) is 10.6. The molecule has 0 radical (unpaired) electrons. The summed E-state index contributed by atoms with van der Waals surface area (Å²) in [6.45, 7) is 4.54. The smallest absolute Gasteiger partial charge is 0.165 e. The summed E-state index contributed by atoms with van der Waals surface area (Å²) in [6.07, 6.45) is 0. The fraction of sp³-hybridized carbons (Fsp3) is 0.130. The van der Waals surface area contributed by atoms with E-state index in [2.05, 4.69) is 18.7 Å². The second-order valence-corrected chi connectivity index (χ2v) is 6.04. The lowest BCUT2D eigenvalue weighted by Crippen LogP contribution is -1.92. The molecule has 2 nitrogen and oxygen atoms in total. The predicted octanol–water partition coefficient (Wildman–Crippen LogP) is 5.83. The van der Waals surface area contributed by atoms with E-state index in [-0.39, 0.29) is 11.6 Å². The summed E-state index contributed by atoms with van der Waals surface area (Å²) in [6, 6.07) is 21.3. The molecule has 0 heterocycles. The van der Waals surface area contributed by atoms with Crippen molar-refractivity contribution in [3.8, 4) is 28.0 Å². The van der Waals surface area contributed by atoms with Gasteiger partial charge in [-0.1, -0.05) is 61.2 Å². The maximum Gasteiger partial charge on any atom is 0.165 e. The molecule has 26 heavy (non-hydrogen) atoms. The lowest BCUT2D eigenvalue weighted by molar-refractivity contribution is 0.240. The van der Waals surface area contributed by atoms with Crippen LogP contribution >= 0.6 is 0 Å². The molecule has 3 heteroatoms. The molecule has 0 amide bonds. The summed E-state index contributed by atoms with van der Waals surface area (Å²) in [5, 5.41) is 0. The molecule has 0 saturated carbocycles. The molecule has 3 aromatic rings. The van der Waals surface area contributed by atoms with E-state index in [1.807, 2.05) is 42.5 Å². The average molecular weight is 348 g/mol. The maximum absolute atomic E-state index is 13.9. The van der Waals surface area contributed by atoms with Crippen molar-refractivity contribution in [2.24, 2.45) is 0 Å². The zero-order chi connectivity index (χ0) is 18.5. The fourth-order valence-electron chi connectivity index (χ4n) is 2.86. The monoisotopic (exact) mass is 348 g/mol. The van der Waals surface area contributed by atoms with Crippen molar-refractivity contribution in [1.82, 2.24) is 0 Å².